The molecule has 0 amide bonds. The summed E-state index contributed by atoms with van der Waals surface area (Å²) in [4.78, 5) is 13.6. The average Bonchev–Trinajstić information content (AvgIpc) is 3.79. The van der Waals surface area contributed by atoms with E-state index in [1.54, 1.807) is 30.3 Å². The van der Waals surface area contributed by atoms with Crippen molar-refractivity contribution in [3.63, 3.8) is 0 Å². The second-order valence-corrected chi connectivity index (χ2v) is 12.6. The van der Waals surface area contributed by atoms with E-state index in [1.165, 1.54) is 38.1 Å². The number of tetrazole rings is 1. The molecule has 2 aliphatic heterocycles. The molecule has 1 fully saturated rings. The Morgan fingerprint density at radius 1 is 0.886 bits per heavy atom. The monoisotopic (exact) mass is 620 g/mol. The van der Waals surface area contributed by atoms with Gasteiger partial charge in [0.15, 0.2) is 23.0 Å². The van der Waals surface area contributed by atoms with Gasteiger partial charge < -0.3 is 28.4 Å². The van der Waals surface area contributed by atoms with Crippen molar-refractivity contribution in [2.24, 2.45) is 11.8 Å². The molecule has 0 unspecified atom stereocenters. The Bertz CT molecular complexity index is 1870. The van der Waals surface area contributed by atoms with Crippen molar-refractivity contribution in [1.29, 1.82) is 0 Å². The number of nitrogens with zero attached hydrogens (tertiary/aromatic N) is 4. The van der Waals surface area contributed by atoms with Crippen molar-refractivity contribution in [2.45, 2.75) is 28.9 Å². The second kappa shape index (κ2) is 10.4. The minimum Gasteiger partial charge on any atom is -0.493 e. The number of carbonyl (C=O) groups excluding carboxylic acids is 1. The average molecular weight is 621 g/mol. The van der Waals surface area contributed by atoms with E-state index >= 15 is 0 Å². The molecule has 4 atom stereocenters. The molecule has 0 spiro atoms. The maximum atomic E-state index is 13.9. The Balaban J connectivity index is 1.46. The van der Waals surface area contributed by atoms with E-state index in [0.29, 0.717) is 45.4 Å². The fraction of sp³-hybridized carbons (Fsp3) is 0.333. The lowest BCUT2D eigenvalue weighted by molar-refractivity contribution is -0.141. The van der Waals surface area contributed by atoms with Gasteiger partial charge in [-0.05, 0) is 70.4 Å². The largest absolute Gasteiger partial charge is 0.493 e. The summed E-state index contributed by atoms with van der Waals surface area (Å²) in [6.07, 6.45) is 0. The van der Waals surface area contributed by atoms with Crippen LogP contribution in [-0.2, 0) is 19.4 Å². The highest BCUT2D eigenvalue weighted by Crippen LogP contribution is 2.56. The van der Waals surface area contributed by atoms with Crippen molar-refractivity contribution in [3.05, 3.63) is 70.8 Å². The minimum atomic E-state index is -4.14. The molecule has 0 N–H and O–H groups in total. The Labute approximate surface area is 252 Å². The first-order chi connectivity index (χ1) is 21.3. The van der Waals surface area contributed by atoms with Crippen molar-refractivity contribution >= 4 is 15.8 Å². The van der Waals surface area contributed by atoms with Crippen molar-refractivity contribution in [3.8, 4) is 28.7 Å². The number of ether oxygens (including phenoxy) is 6. The van der Waals surface area contributed by atoms with Crippen molar-refractivity contribution in [2.75, 3.05) is 34.7 Å². The highest BCUT2D eigenvalue weighted by atomic mass is 32.2. The molecule has 1 aromatic heterocycles. The first kappa shape index (κ1) is 28.0. The number of aromatic nitrogens is 4. The lowest BCUT2D eigenvalue weighted by Gasteiger charge is -2.39. The quantitative estimate of drug-likeness (QED) is 0.279. The van der Waals surface area contributed by atoms with E-state index in [2.05, 4.69) is 15.5 Å². The van der Waals surface area contributed by atoms with Crippen molar-refractivity contribution in [1.82, 2.24) is 20.2 Å². The van der Waals surface area contributed by atoms with Gasteiger partial charge in [0.1, 0.15) is 0 Å². The number of fused-ring (bicyclic) bond motifs is 3. The van der Waals surface area contributed by atoms with Crippen LogP contribution in [0.1, 0.15) is 34.2 Å². The van der Waals surface area contributed by atoms with E-state index in [0.717, 1.165) is 5.56 Å². The molecule has 7 rings (SSSR count). The standard InChI is InChI=1S/C30H28N4O9S/c1-15-5-7-17(8-6-15)44(36,37)30-31-32-33-34(30)27-19-12-22-21(42-14-43-22)11-18(19)25(26-20(27)13-41-29(26)35)16-9-23(38-2)28(40-4)24(10-16)39-3/h5-12,20,25-27H,13-14H2,1-4H3/t20-,25+,26-,27+/m0/s1. The third kappa shape index (κ3) is 4.15. The first-order valence-corrected chi connectivity index (χ1v) is 15.2. The molecule has 0 saturated carbocycles. The number of aryl methyl sites for hydroxylation is 1. The third-order valence-electron chi connectivity index (χ3n) is 8.49. The van der Waals surface area contributed by atoms with Crippen LogP contribution in [0.25, 0.3) is 0 Å². The number of carbonyl (C=O) groups is 1. The summed E-state index contributed by atoms with van der Waals surface area (Å²) in [5, 5.41) is 11.6. The van der Waals surface area contributed by atoms with Gasteiger partial charge in [0, 0.05) is 11.8 Å². The fourth-order valence-electron chi connectivity index (χ4n) is 6.49. The van der Waals surface area contributed by atoms with Crippen LogP contribution >= 0.6 is 0 Å². The molecule has 44 heavy (non-hydrogen) atoms. The molecule has 3 heterocycles. The maximum Gasteiger partial charge on any atom is 0.310 e. The Morgan fingerprint density at radius 2 is 1.55 bits per heavy atom. The van der Waals surface area contributed by atoms with Gasteiger partial charge in [0.05, 0.1) is 44.8 Å². The summed E-state index contributed by atoms with van der Waals surface area (Å²) < 4.78 is 62.9. The molecular formula is C30H28N4O9S. The molecule has 0 radical (unpaired) electrons. The molecule has 228 valence electrons. The summed E-state index contributed by atoms with van der Waals surface area (Å²) in [5.74, 6) is -0.0576. The van der Waals surface area contributed by atoms with Crippen LogP contribution in [0.4, 0.5) is 0 Å². The normalized spacial score (nSPS) is 21.8. The lowest BCUT2D eigenvalue weighted by atomic mass is 9.65. The summed E-state index contributed by atoms with van der Waals surface area (Å²) in [6, 6.07) is 12.9. The molecule has 13 nitrogen and oxygen atoms in total. The third-order valence-corrected chi connectivity index (χ3v) is 10.1. The zero-order valence-electron chi connectivity index (χ0n) is 24.2. The molecular weight excluding hydrogens is 592 g/mol. The number of benzene rings is 3. The fourth-order valence-corrected chi connectivity index (χ4v) is 7.73. The maximum absolute atomic E-state index is 13.9. The van der Waals surface area contributed by atoms with Gasteiger partial charge in [-0.25, -0.2) is 13.1 Å². The SMILES string of the molecule is COc1cc([C@@H]2c3cc4c(cc3[C@@H](n3nnnc3S(=O)(=O)c3ccc(C)cc3)[C@H]3COC(=O)[C@H]23)OCO4)cc(OC)c1OC. The number of cyclic esters (lactones) is 1. The van der Waals surface area contributed by atoms with Crippen LogP contribution in [0, 0.1) is 18.8 Å². The molecule has 1 saturated heterocycles. The Morgan fingerprint density at radius 3 is 2.18 bits per heavy atom. The molecule has 3 aliphatic rings. The van der Waals surface area contributed by atoms with Crippen LogP contribution < -0.4 is 23.7 Å². The van der Waals surface area contributed by atoms with E-state index in [4.69, 9.17) is 28.4 Å². The van der Waals surface area contributed by atoms with Crippen LogP contribution in [0.3, 0.4) is 0 Å². The van der Waals surface area contributed by atoms with Gasteiger partial charge in [-0.2, -0.15) is 0 Å². The molecule has 0 bridgehead atoms. The summed E-state index contributed by atoms with van der Waals surface area (Å²) in [5.41, 5.74) is 2.97. The second-order valence-electron chi connectivity index (χ2n) is 10.8. The number of esters is 1. The van der Waals surface area contributed by atoms with E-state index < -0.39 is 39.6 Å². The lowest BCUT2D eigenvalue weighted by Crippen LogP contribution is -2.38. The van der Waals surface area contributed by atoms with Crippen molar-refractivity contribution < 1.29 is 41.6 Å². The molecule has 3 aromatic carbocycles. The predicted octanol–water partition coefficient (Wildman–Crippen LogP) is 3.09. The molecule has 4 aromatic rings. The van der Waals surface area contributed by atoms with Gasteiger partial charge in [-0.3, -0.25) is 4.79 Å². The van der Waals surface area contributed by atoms with Crippen LogP contribution in [0.15, 0.2) is 58.6 Å². The van der Waals surface area contributed by atoms with Gasteiger partial charge >= 0.3 is 5.97 Å². The zero-order chi connectivity index (χ0) is 30.7. The Hall–Kier alpha value is -4.85. The van der Waals surface area contributed by atoms with E-state index in [-0.39, 0.29) is 23.5 Å². The van der Waals surface area contributed by atoms with Crippen LogP contribution in [0.2, 0.25) is 0 Å². The van der Waals surface area contributed by atoms with Crippen LogP contribution in [-0.4, -0.2) is 69.3 Å². The highest BCUT2D eigenvalue weighted by molar-refractivity contribution is 7.91. The number of hydrogen-bond donors (Lipinski definition) is 0. The minimum absolute atomic E-state index is 0.0184. The number of hydrogen-bond acceptors (Lipinski definition) is 12. The highest BCUT2D eigenvalue weighted by Gasteiger charge is 2.54. The van der Waals surface area contributed by atoms with E-state index in [9.17, 15) is 13.2 Å². The van der Waals surface area contributed by atoms with Gasteiger partial charge in [-0.1, -0.05) is 22.8 Å². The van der Waals surface area contributed by atoms with E-state index in [1.807, 2.05) is 13.0 Å². The summed E-state index contributed by atoms with van der Waals surface area (Å²) in [7, 11) is 0.408. The Kier molecular flexibility index (Phi) is 6.61. The molecule has 1 aliphatic carbocycles. The van der Waals surface area contributed by atoms with Gasteiger partial charge in [0.25, 0.3) is 5.16 Å². The van der Waals surface area contributed by atoms with Crippen LogP contribution in [0.5, 0.6) is 28.7 Å². The number of sulfone groups is 1. The number of rotatable bonds is 7. The van der Waals surface area contributed by atoms with Gasteiger partial charge in [0.2, 0.25) is 22.4 Å². The molecule has 14 heteroatoms. The number of methoxy groups -OCH3 is 3. The first-order valence-electron chi connectivity index (χ1n) is 13.8. The zero-order valence-corrected chi connectivity index (χ0v) is 25.0. The smallest absolute Gasteiger partial charge is 0.310 e. The predicted molar refractivity (Wildman–Crippen MR) is 151 cm³/mol. The topological polar surface area (TPSA) is 150 Å². The summed E-state index contributed by atoms with van der Waals surface area (Å²) >= 11 is 0. The summed E-state index contributed by atoms with van der Waals surface area (Å²) in [6.45, 7) is 1.91. The van der Waals surface area contributed by atoms with Gasteiger partial charge in [-0.15, -0.1) is 0 Å².